The van der Waals surface area contributed by atoms with Crippen molar-refractivity contribution in [3.63, 3.8) is 0 Å². The SMILES string of the molecule is C=CC=CC.O=C(O)O. The average Bonchev–Trinajstić information content (AvgIpc) is 1.66. The lowest BCUT2D eigenvalue weighted by molar-refractivity contribution is 0.137. The molecule has 0 aromatic carbocycles. The summed E-state index contributed by atoms with van der Waals surface area (Å²) in [6.45, 7) is 5.42. The molecule has 0 amide bonds. The molecule has 0 radical (unpaired) electrons. The van der Waals surface area contributed by atoms with Gasteiger partial charge in [0.2, 0.25) is 0 Å². The Balaban J connectivity index is 0. The largest absolute Gasteiger partial charge is 0.503 e. The van der Waals surface area contributed by atoms with E-state index in [2.05, 4.69) is 6.58 Å². The molecule has 0 atom stereocenters. The van der Waals surface area contributed by atoms with Gasteiger partial charge in [0.1, 0.15) is 0 Å². The molecule has 3 heteroatoms. The zero-order chi connectivity index (χ0) is 7.70. The molecule has 0 aliphatic carbocycles. The molecule has 52 valence electrons. The topological polar surface area (TPSA) is 57.5 Å². The fraction of sp³-hybridized carbons (Fsp3) is 0.167. The van der Waals surface area contributed by atoms with Crippen molar-refractivity contribution in [2.45, 2.75) is 6.92 Å². The first-order valence-corrected chi connectivity index (χ1v) is 2.30. The maximum Gasteiger partial charge on any atom is 0.503 e. The quantitative estimate of drug-likeness (QED) is 0.533. The standard InChI is InChI=1S/C5H8.CH2O3/c1-3-5-4-2;2-1(3)4/h3-5H,1H2,2H3;(H2,2,3,4). The van der Waals surface area contributed by atoms with Crippen molar-refractivity contribution in [2.24, 2.45) is 0 Å². The summed E-state index contributed by atoms with van der Waals surface area (Å²) in [5.74, 6) is 0. The zero-order valence-corrected chi connectivity index (χ0v) is 5.24. The second kappa shape index (κ2) is 9.89. The van der Waals surface area contributed by atoms with E-state index in [1.54, 1.807) is 6.08 Å². The molecule has 0 unspecified atom stereocenters. The van der Waals surface area contributed by atoms with Gasteiger partial charge in [-0.05, 0) is 6.92 Å². The summed E-state index contributed by atoms with van der Waals surface area (Å²) in [7, 11) is 0. The van der Waals surface area contributed by atoms with Crippen LogP contribution in [0.2, 0.25) is 0 Å². The third kappa shape index (κ3) is 271. The Hall–Kier alpha value is -1.25. The van der Waals surface area contributed by atoms with Crippen LogP contribution >= 0.6 is 0 Å². The summed E-state index contributed by atoms with van der Waals surface area (Å²) in [4.78, 5) is 8.56. The second-order valence-corrected chi connectivity index (χ2v) is 1.04. The van der Waals surface area contributed by atoms with E-state index in [4.69, 9.17) is 15.0 Å². The van der Waals surface area contributed by atoms with Crippen LogP contribution < -0.4 is 0 Å². The van der Waals surface area contributed by atoms with Gasteiger partial charge in [0.05, 0.1) is 0 Å². The maximum absolute atomic E-state index is 8.56. The minimum absolute atomic E-state index is 1.75. The molecule has 2 N–H and O–H groups in total. The lowest BCUT2D eigenvalue weighted by Crippen LogP contribution is -1.81. The van der Waals surface area contributed by atoms with Gasteiger partial charge in [0.15, 0.2) is 0 Å². The number of hydrogen-bond donors (Lipinski definition) is 2. The van der Waals surface area contributed by atoms with Crippen LogP contribution in [0.15, 0.2) is 24.8 Å². The molecule has 0 aromatic rings. The molecule has 0 bridgehead atoms. The summed E-state index contributed by atoms with van der Waals surface area (Å²) in [6, 6.07) is 0. The van der Waals surface area contributed by atoms with Crippen LogP contribution in [0.5, 0.6) is 0 Å². The van der Waals surface area contributed by atoms with Gasteiger partial charge in [-0.1, -0.05) is 24.8 Å². The van der Waals surface area contributed by atoms with Crippen LogP contribution in [0.3, 0.4) is 0 Å². The van der Waals surface area contributed by atoms with Crippen LogP contribution in [0.25, 0.3) is 0 Å². The van der Waals surface area contributed by atoms with Gasteiger partial charge in [-0.25, -0.2) is 4.79 Å². The Morgan fingerprint density at radius 3 is 1.89 bits per heavy atom. The molecule has 9 heavy (non-hydrogen) atoms. The number of hydrogen-bond acceptors (Lipinski definition) is 1. The third-order valence-corrected chi connectivity index (χ3v) is 0.329. The summed E-state index contributed by atoms with van der Waals surface area (Å²) in [6.07, 6.45) is 3.74. The molecule has 0 heterocycles. The van der Waals surface area contributed by atoms with Gasteiger partial charge in [-0.3, -0.25) is 0 Å². The predicted octanol–water partition coefficient (Wildman–Crippen LogP) is 1.97. The minimum Gasteiger partial charge on any atom is -0.450 e. The summed E-state index contributed by atoms with van der Waals surface area (Å²) < 4.78 is 0. The molecular weight excluding hydrogens is 120 g/mol. The first kappa shape index (κ1) is 10.7. The van der Waals surface area contributed by atoms with Crippen molar-refractivity contribution >= 4 is 6.16 Å². The van der Waals surface area contributed by atoms with Crippen molar-refractivity contribution in [1.82, 2.24) is 0 Å². The molecule has 0 aliphatic rings. The van der Waals surface area contributed by atoms with Crippen LogP contribution in [0.1, 0.15) is 6.92 Å². The minimum atomic E-state index is -1.83. The number of carboxylic acid groups (broad SMARTS) is 2. The smallest absolute Gasteiger partial charge is 0.450 e. The van der Waals surface area contributed by atoms with Crippen molar-refractivity contribution < 1.29 is 15.0 Å². The van der Waals surface area contributed by atoms with E-state index < -0.39 is 6.16 Å². The van der Waals surface area contributed by atoms with Crippen molar-refractivity contribution in [3.05, 3.63) is 24.8 Å². The predicted molar refractivity (Wildman–Crippen MR) is 35.7 cm³/mol. The summed E-state index contributed by atoms with van der Waals surface area (Å²) in [5, 5.41) is 13.9. The Morgan fingerprint density at radius 2 is 1.89 bits per heavy atom. The van der Waals surface area contributed by atoms with E-state index in [0.29, 0.717) is 0 Å². The number of carbonyl (C=O) groups is 1. The van der Waals surface area contributed by atoms with Crippen LogP contribution in [-0.2, 0) is 0 Å². The van der Waals surface area contributed by atoms with E-state index in [9.17, 15) is 0 Å². The maximum atomic E-state index is 8.56. The van der Waals surface area contributed by atoms with Gasteiger partial charge in [-0.2, -0.15) is 0 Å². The molecule has 0 rings (SSSR count). The number of allylic oxidation sites excluding steroid dienone is 3. The zero-order valence-electron chi connectivity index (χ0n) is 5.24. The van der Waals surface area contributed by atoms with Crippen molar-refractivity contribution in [3.8, 4) is 0 Å². The highest BCUT2D eigenvalue weighted by Gasteiger charge is 1.70. The van der Waals surface area contributed by atoms with E-state index in [0.717, 1.165) is 0 Å². The van der Waals surface area contributed by atoms with E-state index in [-0.39, 0.29) is 0 Å². The van der Waals surface area contributed by atoms with Gasteiger partial charge >= 0.3 is 6.16 Å². The normalized spacial score (nSPS) is 7.67. The molecule has 0 aliphatic heterocycles. The highest BCUT2D eigenvalue weighted by molar-refractivity contribution is 5.53. The molecular formula is C6H10O3. The fourth-order valence-electron chi connectivity index (χ4n) is 0.136. The van der Waals surface area contributed by atoms with Crippen LogP contribution in [0.4, 0.5) is 4.79 Å². The number of rotatable bonds is 1. The summed E-state index contributed by atoms with van der Waals surface area (Å²) in [5.41, 5.74) is 0. The highest BCUT2D eigenvalue weighted by atomic mass is 16.6. The van der Waals surface area contributed by atoms with E-state index >= 15 is 0 Å². The average molecular weight is 130 g/mol. The Morgan fingerprint density at radius 1 is 1.56 bits per heavy atom. The highest BCUT2D eigenvalue weighted by Crippen LogP contribution is 1.64. The molecule has 0 saturated heterocycles. The van der Waals surface area contributed by atoms with Crippen molar-refractivity contribution in [2.75, 3.05) is 0 Å². The molecule has 3 nitrogen and oxygen atoms in total. The summed E-state index contributed by atoms with van der Waals surface area (Å²) >= 11 is 0. The van der Waals surface area contributed by atoms with Gasteiger partial charge < -0.3 is 10.2 Å². The Kier molecular flexibility index (Phi) is 11.7. The van der Waals surface area contributed by atoms with E-state index in [1.807, 2.05) is 19.1 Å². The van der Waals surface area contributed by atoms with Gasteiger partial charge in [-0.15, -0.1) is 0 Å². The first-order valence-electron chi connectivity index (χ1n) is 2.30. The van der Waals surface area contributed by atoms with Crippen molar-refractivity contribution in [1.29, 1.82) is 0 Å². The van der Waals surface area contributed by atoms with Crippen LogP contribution in [-0.4, -0.2) is 16.4 Å². The third-order valence-electron chi connectivity index (χ3n) is 0.329. The van der Waals surface area contributed by atoms with Gasteiger partial charge in [0, 0.05) is 0 Å². The Bertz CT molecular complexity index is 101. The fourth-order valence-corrected chi connectivity index (χ4v) is 0.136. The molecule has 0 aromatic heterocycles. The first-order chi connectivity index (χ1) is 4.15. The van der Waals surface area contributed by atoms with Gasteiger partial charge in [0.25, 0.3) is 0 Å². The van der Waals surface area contributed by atoms with E-state index in [1.165, 1.54) is 0 Å². The lowest BCUT2D eigenvalue weighted by atomic mass is 10.5. The van der Waals surface area contributed by atoms with Crippen LogP contribution in [0, 0.1) is 0 Å². The second-order valence-electron chi connectivity index (χ2n) is 1.04. The monoisotopic (exact) mass is 130 g/mol. The molecule has 0 fully saturated rings. The lowest BCUT2D eigenvalue weighted by Gasteiger charge is -1.60. The molecule has 0 saturated carbocycles. The Labute approximate surface area is 53.9 Å². The molecule has 0 spiro atoms.